The molecule has 4 rings (SSSR count). The zero-order chi connectivity index (χ0) is 20.4. The Balaban J connectivity index is 1.61. The maximum Gasteiger partial charge on any atom is 0.308 e. The van der Waals surface area contributed by atoms with Crippen LogP contribution in [0.15, 0.2) is 76.6 Å². The van der Waals surface area contributed by atoms with Crippen molar-refractivity contribution in [2.45, 2.75) is 18.0 Å². The van der Waals surface area contributed by atoms with E-state index in [0.29, 0.717) is 27.5 Å². The minimum atomic E-state index is -3.73. The van der Waals surface area contributed by atoms with Gasteiger partial charge in [0, 0.05) is 11.2 Å². The molecule has 2 heterocycles. The number of fused-ring (bicyclic) bond motifs is 1. The maximum absolute atomic E-state index is 12.6. The van der Waals surface area contributed by atoms with Crippen LogP contribution in [0.5, 0.6) is 0 Å². The second-order valence-corrected chi connectivity index (χ2v) is 9.55. The third-order valence-corrected chi connectivity index (χ3v) is 6.97. The molecule has 0 bridgehead atoms. The largest absolute Gasteiger partial charge is 0.308 e. The second-order valence-electron chi connectivity index (χ2n) is 6.36. The van der Waals surface area contributed by atoms with Crippen LogP contribution in [0.2, 0.25) is 5.02 Å². The zero-order valence-corrected chi connectivity index (χ0v) is 17.5. The lowest BCUT2D eigenvalue weighted by Gasteiger charge is -2.08. The number of hydrogen-bond donors (Lipinski definition) is 1. The van der Waals surface area contributed by atoms with E-state index in [2.05, 4.69) is 9.71 Å². The molecule has 0 aliphatic heterocycles. The maximum atomic E-state index is 12.6. The van der Waals surface area contributed by atoms with Gasteiger partial charge >= 0.3 is 4.87 Å². The Morgan fingerprint density at radius 2 is 1.86 bits per heavy atom. The van der Waals surface area contributed by atoms with Crippen molar-refractivity contribution in [1.82, 2.24) is 14.3 Å². The lowest BCUT2D eigenvalue weighted by Crippen LogP contribution is -2.23. The standard InChI is InChI=1S/C20H16ClN3O3S2/c21-15-6-4-14(5-7-15)13-24-18-9-8-17(11-19(18)28-20(24)25)29(26,27)23-12-16-3-1-2-10-22-16/h1-11,23H,12-13H2. The molecule has 0 spiro atoms. The molecule has 4 aromatic rings. The van der Waals surface area contributed by atoms with Gasteiger partial charge in [-0.3, -0.25) is 14.3 Å². The van der Waals surface area contributed by atoms with Gasteiger partial charge in [0.2, 0.25) is 10.0 Å². The SMILES string of the molecule is O=c1sc2cc(S(=O)(=O)NCc3ccccn3)ccc2n1Cc1ccc(Cl)cc1. The van der Waals surface area contributed by atoms with Gasteiger partial charge in [0.25, 0.3) is 0 Å². The molecule has 0 saturated heterocycles. The third-order valence-electron chi connectivity index (χ3n) is 4.37. The molecule has 0 aliphatic carbocycles. The number of rotatable bonds is 6. The number of sulfonamides is 1. The van der Waals surface area contributed by atoms with Crippen LogP contribution in [0.25, 0.3) is 10.2 Å². The fraction of sp³-hybridized carbons (Fsp3) is 0.100. The lowest BCUT2D eigenvalue weighted by molar-refractivity contribution is 0.580. The van der Waals surface area contributed by atoms with Gasteiger partial charge in [0.05, 0.1) is 33.9 Å². The number of aromatic nitrogens is 2. The van der Waals surface area contributed by atoms with E-state index in [9.17, 15) is 13.2 Å². The van der Waals surface area contributed by atoms with Crippen LogP contribution in [0.4, 0.5) is 0 Å². The van der Waals surface area contributed by atoms with Crippen LogP contribution in [0.1, 0.15) is 11.3 Å². The molecular formula is C20H16ClN3O3S2. The van der Waals surface area contributed by atoms with Gasteiger partial charge in [-0.1, -0.05) is 41.1 Å². The topological polar surface area (TPSA) is 81.1 Å². The summed E-state index contributed by atoms with van der Waals surface area (Å²) < 4.78 is 30.0. The van der Waals surface area contributed by atoms with Crippen molar-refractivity contribution in [3.05, 3.63) is 92.8 Å². The summed E-state index contributed by atoms with van der Waals surface area (Å²) in [5.74, 6) is 0. The molecular weight excluding hydrogens is 430 g/mol. The van der Waals surface area contributed by atoms with Crippen LogP contribution < -0.4 is 9.60 Å². The summed E-state index contributed by atoms with van der Waals surface area (Å²) in [7, 11) is -3.73. The monoisotopic (exact) mass is 445 g/mol. The highest BCUT2D eigenvalue weighted by atomic mass is 35.5. The number of thiazole rings is 1. The first-order valence-electron chi connectivity index (χ1n) is 8.70. The summed E-state index contributed by atoms with van der Waals surface area (Å²) in [5, 5.41) is 0.629. The van der Waals surface area contributed by atoms with E-state index in [0.717, 1.165) is 16.9 Å². The molecule has 0 atom stereocenters. The Kier molecular flexibility index (Phi) is 5.51. The number of nitrogens with one attached hydrogen (secondary N) is 1. The van der Waals surface area contributed by atoms with E-state index < -0.39 is 10.0 Å². The van der Waals surface area contributed by atoms with Crippen molar-refractivity contribution in [3.63, 3.8) is 0 Å². The van der Waals surface area contributed by atoms with Crippen LogP contribution >= 0.6 is 22.9 Å². The second kappa shape index (κ2) is 8.08. The fourth-order valence-electron chi connectivity index (χ4n) is 2.89. The van der Waals surface area contributed by atoms with E-state index in [1.54, 1.807) is 47.2 Å². The molecule has 0 fully saturated rings. The molecule has 1 N–H and O–H groups in total. The molecule has 2 aromatic heterocycles. The van der Waals surface area contributed by atoms with Crippen LogP contribution in [-0.4, -0.2) is 18.0 Å². The number of halogens is 1. The smallest absolute Gasteiger partial charge is 0.294 e. The van der Waals surface area contributed by atoms with E-state index in [4.69, 9.17) is 11.6 Å². The van der Waals surface area contributed by atoms with Crippen molar-refractivity contribution in [3.8, 4) is 0 Å². The van der Waals surface area contributed by atoms with Gasteiger partial charge in [0.1, 0.15) is 0 Å². The van der Waals surface area contributed by atoms with Gasteiger partial charge in [-0.15, -0.1) is 0 Å². The van der Waals surface area contributed by atoms with Crippen molar-refractivity contribution in [2.75, 3.05) is 0 Å². The molecule has 148 valence electrons. The van der Waals surface area contributed by atoms with Crippen molar-refractivity contribution < 1.29 is 8.42 Å². The van der Waals surface area contributed by atoms with E-state index >= 15 is 0 Å². The summed E-state index contributed by atoms with van der Waals surface area (Å²) in [5.41, 5.74) is 2.25. The van der Waals surface area contributed by atoms with Crippen LogP contribution in [-0.2, 0) is 23.1 Å². The average Bonchev–Trinajstić information content (AvgIpc) is 3.03. The minimum absolute atomic E-state index is 0.0923. The normalized spacial score (nSPS) is 11.8. The summed E-state index contributed by atoms with van der Waals surface area (Å²) >= 11 is 6.93. The number of benzene rings is 2. The Hall–Kier alpha value is -2.52. The molecule has 0 radical (unpaired) electrons. The van der Waals surface area contributed by atoms with E-state index in [1.807, 2.05) is 12.1 Å². The first-order valence-corrected chi connectivity index (χ1v) is 11.4. The molecule has 0 aliphatic rings. The first-order chi connectivity index (χ1) is 13.9. The van der Waals surface area contributed by atoms with E-state index in [-0.39, 0.29) is 16.3 Å². The highest BCUT2D eigenvalue weighted by Gasteiger charge is 2.17. The number of pyridine rings is 1. The van der Waals surface area contributed by atoms with Crippen molar-refractivity contribution in [2.24, 2.45) is 0 Å². The van der Waals surface area contributed by atoms with Crippen molar-refractivity contribution in [1.29, 1.82) is 0 Å². The van der Waals surface area contributed by atoms with E-state index in [1.165, 1.54) is 12.1 Å². The summed E-state index contributed by atoms with van der Waals surface area (Å²) in [6.45, 7) is 0.481. The number of hydrogen-bond acceptors (Lipinski definition) is 5. The average molecular weight is 446 g/mol. The highest BCUT2D eigenvalue weighted by molar-refractivity contribution is 7.89. The van der Waals surface area contributed by atoms with Gasteiger partial charge in [-0.25, -0.2) is 13.1 Å². The Bertz CT molecular complexity index is 1310. The quantitative estimate of drug-likeness (QED) is 0.491. The fourth-order valence-corrected chi connectivity index (χ4v) is 5.05. The van der Waals surface area contributed by atoms with Gasteiger partial charge in [0.15, 0.2) is 0 Å². The van der Waals surface area contributed by atoms with Crippen LogP contribution in [0.3, 0.4) is 0 Å². The summed E-state index contributed by atoms with van der Waals surface area (Å²) in [6.07, 6.45) is 1.61. The summed E-state index contributed by atoms with van der Waals surface area (Å²) in [6, 6.07) is 17.3. The van der Waals surface area contributed by atoms with Gasteiger partial charge in [-0.2, -0.15) is 0 Å². The Morgan fingerprint density at radius 1 is 1.07 bits per heavy atom. The molecule has 6 nitrogen and oxygen atoms in total. The number of nitrogens with zero attached hydrogens (tertiary/aromatic N) is 2. The first kappa shape index (κ1) is 19.8. The molecule has 2 aromatic carbocycles. The van der Waals surface area contributed by atoms with Crippen molar-refractivity contribution >= 4 is 43.2 Å². The molecule has 9 heteroatoms. The third kappa shape index (κ3) is 4.40. The molecule has 0 saturated carbocycles. The minimum Gasteiger partial charge on any atom is -0.294 e. The Labute approximate surface area is 176 Å². The lowest BCUT2D eigenvalue weighted by atomic mass is 10.2. The summed E-state index contributed by atoms with van der Waals surface area (Å²) in [4.78, 5) is 16.5. The Morgan fingerprint density at radius 3 is 2.59 bits per heavy atom. The predicted molar refractivity (Wildman–Crippen MR) is 115 cm³/mol. The molecule has 29 heavy (non-hydrogen) atoms. The van der Waals surface area contributed by atoms with Gasteiger partial charge in [-0.05, 0) is 48.0 Å². The molecule has 0 amide bonds. The molecule has 0 unspecified atom stereocenters. The highest BCUT2D eigenvalue weighted by Crippen LogP contribution is 2.23. The van der Waals surface area contributed by atoms with Gasteiger partial charge < -0.3 is 0 Å². The van der Waals surface area contributed by atoms with Crippen LogP contribution in [0, 0.1) is 0 Å². The zero-order valence-electron chi connectivity index (χ0n) is 15.1. The predicted octanol–water partition coefficient (Wildman–Crippen LogP) is 3.64.